The molecule has 24 heavy (non-hydrogen) atoms. The molecular weight excluding hydrogens is 325 g/mol. The van der Waals surface area contributed by atoms with Crippen molar-refractivity contribution >= 4 is 12.1 Å². The molecule has 0 bridgehead atoms. The van der Waals surface area contributed by atoms with Gasteiger partial charge in [0.15, 0.2) is 11.5 Å². The fraction of sp³-hybridized carbons (Fsp3) is 0.125. The highest BCUT2D eigenvalue weighted by molar-refractivity contribution is 5.95. The summed E-state index contributed by atoms with van der Waals surface area (Å²) in [5, 5.41) is 3.63. The number of nitrogens with one attached hydrogen (secondary N) is 1. The monoisotopic (exact) mass is 338 g/mol. The SMILES string of the molecule is COc1cccc(/C=N\NC(=O)c2ccccc2F)c1OC(F)F. The van der Waals surface area contributed by atoms with E-state index in [1.165, 1.54) is 43.5 Å². The highest BCUT2D eigenvalue weighted by Gasteiger charge is 2.14. The van der Waals surface area contributed by atoms with E-state index in [-0.39, 0.29) is 22.6 Å². The fourth-order valence-corrected chi connectivity index (χ4v) is 1.88. The van der Waals surface area contributed by atoms with E-state index >= 15 is 0 Å². The Morgan fingerprint density at radius 1 is 1.21 bits per heavy atom. The number of hydrogen-bond acceptors (Lipinski definition) is 4. The van der Waals surface area contributed by atoms with E-state index in [9.17, 15) is 18.0 Å². The maximum atomic E-state index is 13.5. The summed E-state index contributed by atoms with van der Waals surface area (Å²) in [6, 6.07) is 9.79. The Hall–Kier alpha value is -3.03. The van der Waals surface area contributed by atoms with E-state index in [1.807, 2.05) is 0 Å². The second kappa shape index (κ2) is 8.00. The number of nitrogens with zero attached hydrogens (tertiary/aromatic N) is 1. The lowest BCUT2D eigenvalue weighted by atomic mass is 10.2. The third-order valence-corrected chi connectivity index (χ3v) is 2.92. The third kappa shape index (κ3) is 4.25. The Morgan fingerprint density at radius 3 is 2.62 bits per heavy atom. The summed E-state index contributed by atoms with van der Waals surface area (Å²) in [6.07, 6.45) is 1.10. The standard InChI is InChI=1S/C16H13F3N2O3/c1-23-13-8-4-5-10(14(13)24-16(18)19)9-20-21-15(22)11-6-2-3-7-12(11)17/h2-9,16H,1H3,(H,21,22)/b20-9-. The number of hydrogen-bond donors (Lipinski definition) is 1. The van der Waals surface area contributed by atoms with Crippen molar-refractivity contribution in [2.24, 2.45) is 5.10 Å². The summed E-state index contributed by atoms with van der Waals surface area (Å²) in [7, 11) is 1.30. The number of halogens is 3. The van der Waals surface area contributed by atoms with E-state index < -0.39 is 18.3 Å². The molecule has 0 aliphatic carbocycles. The van der Waals surface area contributed by atoms with Crippen LogP contribution in [0, 0.1) is 5.82 Å². The number of methoxy groups -OCH3 is 1. The first-order chi connectivity index (χ1) is 11.5. The number of carbonyl (C=O) groups excluding carboxylic acids is 1. The first kappa shape index (κ1) is 17.3. The molecule has 0 atom stereocenters. The van der Waals surface area contributed by atoms with Crippen LogP contribution in [0.1, 0.15) is 15.9 Å². The van der Waals surface area contributed by atoms with Gasteiger partial charge < -0.3 is 9.47 Å². The van der Waals surface area contributed by atoms with Crippen LogP contribution in [-0.2, 0) is 0 Å². The number of benzene rings is 2. The molecule has 0 aliphatic heterocycles. The molecule has 1 N–H and O–H groups in total. The molecule has 0 saturated heterocycles. The van der Waals surface area contributed by atoms with Gasteiger partial charge in [-0.1, -0.05) is 18.2 Å². The number of alkyl halides is 2. The number of rotatable bonds is 6. The number of ether oxygens (including phenoxy) is 2. The summed E-state index contributed by atoms with van der Waals surface area (Å²) in [5.74, 6) is -1.62. The van der Waals surface area contributed by atoms with Crippen molar-refractivity contribution in [3.8, 4) is 11.5 Å². The van der Waals surface area contributed by atoms with E-state index in [2.05, 4.69) is 15.3 Å². The summed E-state index contributed by atoms with van der Waals surface area (Å²) >= 11 is 0. The topological polar surface area (TPSA) is 59.9 Å². The van der Waals surface area contributed by atoms with Crippen molar-refractivity contribution in [2.75, 3.05) is 7.11 Å². The molecule has 0 unspecified atom stereocenters. The molecule has 2 aromatic rings. The van der Waals surface area contributed by atoms with Gasteiger partial charge in [0.2, 0.25) is 0 Å². The van der Waals surface area contributed by atoms with Crippen molar-refractivity contribution in [3.05, 3.63) is 59.4 Å². The maximum Gasteiger partial charge on any atom is 0.387 e. The molecule has 0 aromatic heterocycles. The van der Waals surface area contributed by atoms with Gasteiger partial charge in [0, 0.05) is 5.56 Å². The van der Waals surface area contributed by atoms with Gasteiger partial charge >= 0.3 is 6.61 Å². The predicted octanol–water partition coefficient (Wildman–Crippen LogP) is 3.20. The van der Waals surface area contributed by atoms with Crippen LogP contribution >= 0.6 is 0 Å². The lowest BCUT2D eigenvalue weighted by Crippen LogP contribution is -2.19. The lowest BCUT2D eigenvalue weighted by molar-refractivity contribution is -0.0513. The minimum Gasteiger partial charge on any atom is -0.493 e. The number of hydrazone groups is 1. The number of carbonyl (C=O) groups is 1. The molecule has 0 fully saturated rings. The maximum absolute atomic E-state index is 13.5. The van der Waals surface area contributed by atoms with Crippen LogP contribution in [0.25, 0.3) is 0 Å². The molecule has 0 radical (unpaired) electrons. The largest absolute Gasteiger partial charge is 0.493 e. The van der Waals surface area contributed by atoms with Gasteiger partial charge in [0.25, 0.3) is 5.91 Å². The highest BCUT2D eigenvalue weighted by atomic mass is 19.3. The molecule has 126 valence electrons. The summed E-state index contributed by atoms with van der Waals surface area (Å²) in [4.78, 5) is 11.8. The quantitative estimate of drug-likeness (QED) is 0.650. The molecule has 0 heterocycles. The van der Waals surface area contributed by atoms with Gasteiger partial charge in [-0.3, -0.25) is 4.79 Å². The Labute approximate surface area is 135 Å². The van der Waals surface area contributed by atoms with Gasteiger partial charge in [0.05, 0.1) is 18.9 Å². The molecule has 0 saturated carbocycles. The van der Waals surface area contributed by atoms with Crippen LogP contribution in [0.5, 0.6) is 11.5 Å². The average molecular weight is 338 g/mol. The zero-order chi connectivity index (χ0) is 17.5. The van der Waals surface area contributed by atoms with Gasteiger partial charge in [-0.2, -0.15) is 13.9 Å². The van der Waals surface area contributed by atoms with Crippen LogP contribution in [-0.4, -0.2) is 25.8 Å². The van der Waals surface area contributed by atoms with Crippen molar-refractivity contribution < 1.29 is 27.4 Å². The van der Waals surface area contributed by atoms with Crippen molar-refractivity contribution in [1.29, 1.82) is 0 Å². The first-order valence-electron chi connectivity index (χ1n) is 6.72. The van der Waals surface area contributed by atoms with Gasteiger partial charge in [-0.15, -0.1) is 0 Å². The fourth-order valence-electron chi connectivity index (χ4n) is 1.88. The molecule has 8 heteroatoms. The van der Waals surface area contributed by atoms with Gasteiger partial charge in [-0.05, 0) is 24.3 Å². The highest BCUT2D eigenvalue weighted by Crippen LogP contribution is 2.31. The smallest absolute Gasteiger partial charge is 0.387 e. The van der Waals surface area contributed by atoms with Crippen molar-refractivity contribution in [2.45, 2.75) is 6.61 Å². The lowest BCUT2D eigenvalue weighted by Gasteiger charge is -2.11. The Morgan fingerprint density at radius 2 is 1.96 bits per heavy atom. The van der Waals surface area contributed by atoms with E-state index in [0.29, 0.717) is 0 Å². The first-order valence-corrected chi connectivity index (χ1v) is 6.72. The summed E-state index contributed by atoms with van der Waals surface area (Å²) < 4.78 is 47.8. The van der Waals surface area contributed by atoms with Crippen LogP contribution in [0.2, 0.25) is 0 Å². The van der Waals surface area contributed by atoms with Gasteiger partial charge in [-0.25, -0.2) is 9.82 Å². The molecule has 0 spiro atoms. The molecule has 2 rings (SSSR count). The number of amides is 1. The zero-order valence-electron chi connectivity index (χ0n) is 12.5. The molecule has 1 amide bonds. The minimum atomic E-state index is -3.05. The van der Waals surface area contributed by atoms with Gasteiger partial charge in [0.1, 0.15) is 5.82 Å². The Kier molecular flexibility index (Phi) is 5.78. The number of para-hydroxylation sites is 1. The molecule has 0 aliphatic rings. The van der Waals surface area contributed by atoms with Crippen LogP contribution in [0.15, 0.2) is 47.6 Å². The van der Waals surface area contributed by atoms with E-state index in [1.54, 1.807) is 0 Å². The summed E-state index contributed by atoms with van der Waals surface area (Å²) in [5.41, 5.74) is 2.08. The second-order valence-corrected chi connectivity index (χ2v) is 4.44. The third-order valence-electron chi connectivity index (χ3n) is 2.92. The second-order valence-electron chi connectivity index (χ2n) is 4.44. The Bertz CT molecular complexity index is 751. The molecule has 5 nitrogen and oxygen atoms in total. The van der Waals surface area contributed by atoms with E-state index in [4.69, 9.17) is 4.74 Å². The Balaban J connectivity index is 2.17. The van der Waals surface area contributed by atoms with Crippen LogP contribution < -0.4 is 14.9 Å². The molecular formula is C16H13F3N2O3. The van der Waals surface area contributed by atoms with Crippen LogP contribution in [0.4, 0.5) is 13.2 Å². The average Bonchev–Trinajstić information content (AvgIpc) is 2.56. The van der Waals surface area contributed by atoms with Crippen molar-refractivity contribution in [1.82, 2.24) is 5.43 Å². The summed E-state index contributed by atoms with van der Waals surface area (Å²) in [6.45, 7) is -3.05. The van der Waals surface area contributed by atoms with Crippen molar-refractivity contribution in [3.63, 3.8) is 0 Å². The van der Waals surface area contributed by atoms with E-state index in [0.717, 1.165) is 12.3 Å². The minimum absolute atomic E-state index is 0.0830. The zero-order valence-corrected chi connectivity index (χ0v) is 12.5. The van der Waals surface area contributed by atoms with Crippen LogP contribution in [0.3, 0.4) is 0 Å². The normalized spacial score (nSPS) is 10.9. The predicted molar refractivity (Wildman–Crippen MR) is 81.1 cm³/mol. The molecule has 2 aromatic carbocycles.